The first-order valence-corrected chi connectivity index (χ1v) is 8.79. The molecule has 1 heterocycles. The Bertz CT molecular complexity index is 923. The fraction of sp³-hybridized carbons (Fsp3) is 0.318. The minimum absolute atomic E-state index is 0.00535. The van der Waals surface area contributed by atoms with Gasteiger partial charge in [-0.3, -0.25) is 4.79 Å². The maximum Gasteiger partial charge on any atom is 0.163 e. The average Bonchev–Trinajstić information content (AvgIpc) is 2.59. The number of fused-ring (bicyclic) bond motifs is 2. The molecule has 1 N–H and O–H groups in total. The van der Waals surface area contributed by atoms with Gasteiger partial charge in [0, 0.05) is 35.5 Å². The summed E-state index contributed by atoms with van der Waals surface area (Å²) in [6.45, 7) is 4.01. The van der Waals surface area contributed by atoms with Gasteiger partial charge in [0.1, 0.15) is 23.0 Å². The molecule has 4 nitrogen and oxygen atoms in total. The van der Waals surface area contributed by atoms with Crippen molar-refractivity contribution >= 4 is 5.78 Å². The van der Waals surface area contributed by atoms with Crippen LogP contribution in [0.5, 0.6) is 17.2 Å². The monoisotopic (exact) mass is 350 g/mol. The summed E-state index contributed by atoms with van der Waals surface area (Å²) in [6.07, 6.45) is 0.915. The van der Waals surface area contributed by atoms with Crippen LogP contribution in [-0.2, 0) is 4.79 Å². The average molecular weight is 350 g/mol. The van der Waals surface area contributed by atoms with Gasteiger partial charge >= 0.3 is 0 Å². The Morgan fingerprint density at radius 1 is 1.08 bits per heavy atom. The summed E-state index contributed by atoms with van der Waals surface area (Å²) >= 11 is 0. The van der Waals surface area contributed by atoms with Crippen LogP contribution in [0.3, 0.4) is 0 Å². The predicted octanol–water partition coefficient (Wildman–Crippen LogP) is 5.13. The molecule has 0 bridgehead atoms. The van der Waals surface area contributed by atoms with Crippen LogP contribution in [0.1, 0.15) is 43.7 Å². The van der Waals surface area contributed by atoms with Gasteiger partial charge in [-0.2, -0.15) is 0 Å². The molecular formula is C22H22O4. The van der Waals surface area contributed by atoms with Crippen molar-refractivity contribution in [2.24, 2.45) is 5.41 Å². The molecular weight excluding hydrogens is 328 g/mol. The van der Waals surface area contributed by atoms with Crippen LogP contribution in [0.25, 0.3) is 0 Å². The molecule has 4 heteroatoms. The van der Waals surface area contributed by atoms with Gasteiger partial charge in [0.05, 0.1) is 7.11 Å². The number of Topliss-reactive ketones (excluding diaryl/α,β-unsaturated/α-hetero) is 1. The van der Waals surface area contributed by atoms with E-state index in [4.69, 9.17) is 9.47 Å². The highest BCUT2D eigenvalue weighted by Crippen LogP contribution is 2.51. The number of hydrogen-bond acceptors (Lipinski definition) is 4. The molecule has 1 aliphatic heterocycles. The zero-order valence-corrected chi connectivity index (χ0v) is 15.2. The summed E-state index contributed by atoms with van der Waals surface area (Å²) in [5, 5.41) is 10.8. The summed E-state index contributed by atoms with van der Waals surface area (Å²) in [7, 11) is 1.61. The second kappa shape index (κ2) is 5.90. The topological polar surface area (TPSA) is 55.8 Å². The molecule has 1 unspecified atom stereocenters. The third-order valence-electron chi connectivity index (χ3n) is 5.16. The van der Waals surface area contributed by atoms with Gasteiger partial charge in [-0.05, 0) is 29.7 Å². The van der Waals surface area contributed by atoms with Crippen LogP contribution in [0.2, 0.25) is 0 Å². The number of allylic oxidation sites excluding steroid dienone is 2. The van der Waals surface area contributed by atoms with Crippen LogP contribution < -0.4 is 9.47 Å². The van der Waals surface area contributed by atoms with E-state index in [1.807, 2.05) is 56.3 Å². The number of rotatable bonds is 2. The van der Waals surface area contributed by atoms with Crippen molar-refractivity contribution in [1.29, 1.82) is 0 Å². The molecule has 26 heavy (non-hydrogen) atoms. The van der Waals surface area contributed by atoms with Gasteiger partial charge in [-0.15, -0.1) is 0 Å². The lowest BCUT2D eigenvalue weighted by molar-refractivity contribution is -0.118. The minimum Gasteiger partial charge on any atom is -0.512 e. The molecule has 0 spiro atoms. The smallest absolute Gasteiger partial charge is 0.163 e. The largest absolute Gasteiger partial charge is 0.512 e. The fourth-order valence-corrected chi connectivity index (χ4v) is 4.01. The van der Waals surface area contributed by atoms with Crippen LogP contribution in [0, 0.1) is 5.41 Å². The summed E-state index contributed by atoms with van der Waals surface area (Å²) < 4.78 is 11.4. The van der Waals surface area contributed by atoms with Crippen molar-refractivity contribution in [3.05, 3.63) is 64.9 Å². The summed E-state index contributed by atoms with van der Waals surface area (Å²) in [5.74, 6) is 1.92. The van der Waals surface area contributed by atoms with Crippen molar-refractivity contribution in [2.75, 3.05) is 7.11 Å². The minimum atomic E-state index is -0.353. The SMILES string of the molecule is COc1ccc2c(c1)C(C1=C(O)CC(C)(C)CC1=O)c1ccccc1O2. The molecule has 0 fully saturated rings. The molecule has 0 aromatic heterocycles. The Morgan fingerprint density at radius 2 is 1.81 bits per heavy atom. The molecule has 0 amide bonds. The maximum absolute atomic E-state index is 13.0. The second-order valence-corrected chi connectivity index (χ2v) is 7.78. The second-order valence-electron chi connectivity index (χ2n) is 7.78. The van der Waals surface area contributed by atoms with E-state index in [1.54, 1.807) is 7.11 Å². The molecule has 0 saturated heterocycles. The molecule has 4 rings (SSSR count). The Hall–Kier alpha value is -2.75. The number of para-hydroxylation sites is 1. The van der Waals surface area contributed by atoms with Crippen molar-refractivity contribution < 1.29 is 19.4 Å². The third-order valence-corrected chi connectivity index (χ3v) is 5.16. The zero-order chi connectivity index (χ0) is 18.5. The number of aliphatic hydroxyl groups is 1. The van der Waals surface area contributed by atoms with E-state index in [0.29, 0.717) is 35.7 Å². The fourth-order valence-electron chi connectivity index (χ4n) is 4.01. The van der Waals surface area contributed by atoms with Gasteiger partial charge in [0.25, 0.3) is 0 Å². The lowest BCUT2D eigenvalue weighted by Gasteiger charge is -2.35. The number of carbonyl (C=O) groups is 1. The molecule has 2 aromatic rings. The standard InChI is InChI=1S/C22H22O4/c1-22(2)11-16(23)21(17(24)12-22)20-14-6-4-5-7-18(14)26-19-9-8-13(25-3)10-15(19)20/h4-10,20,23H,11-12H2,1-3H3. The van der Waals surface area contributed by atoms with Gasteiger partial charge in [-0.25, -0.2) is 0 Å². The Balaban J connectivity index is 1.95. The van der Waals surface area contributed by atoms with Crippen LogP contribution >= 0.6 is 0 Å². The van der Waals surface area contributed by atoms with Crippen LogP contribution in [0.15, 0.2) is 53.8 Å². The number of carbonyl (C=O) groups excluding carboxylic acids is 1. The Kier molecular flexibility index (Phi) is 3.79. The zero-order valence-electron chi connectivity index (χ0n) is 15.2. The molecule has 2 aliphatic rings. The first-order valence-electron chi connectivity index (χ1n) is 8.79. The molecule has 2 aromatic carbocycles. The third kappa shape index (κ3) is 2.66. The number of ether oxygens (including phenoxy) is 2. The summed E-state index contributed by atoms with van der Waals surface area (Å²) in [5.41, 5.74) is 1.99. The highest BCUT2D eigenvalue weighted by Gasteiger charge is 2.40. The van der Waals surface area contributed by atoms with Crippen LogP contribution in [-0.4, -0.2) is 18.0 Å². The number of hydrogen-bond donors (Lipinski definition) is 1. The molecule has 1 aliphatic carbocycles. The number of ketones is 1. The lowest BCUT2D eigenvalue weighted by atomic mass is 9.70. The summed E-state index contributed by atoms with van der Waals surface area (Å²) in [4.78, 5) is 13.0. The van der Waals surface area contributed by atoms with E-state index in [-0.39, 0.29) is 22.9 Å². The van der Waals surface area contributed by atoms with Crippen LogP contribution in [0.4, 0.5) is 0 Å². The Labute approximate surface area is 153 Å². The quantitative estimate of drug-likeness (QED) is 0.815. The van der Waals surface area contributed by atoms with E-state index in [0.717, 1.165) is 11.1 Å². The Morgan fingerprint density at radius 3 is 2.54 bits per heavy atom. The van der Waals surface area contributed by atoms with Crippen molar-refractivity contribution in [3.8, 4) is 17.2 Å². The van der Waals surface area contributed by atoms with E-state index in [2.05, 4.69) is 0 Å². The number of methoxy groups -OCH3 is 1. The first kappa shape index (κ1) is 16.7. The summed E-state index contributed by atoms with van der Waals surface area (Å²) in [6, 6.07) is 13.3. The van der Waals surface area contributed by atoms with Gasteiger partial charge in [0.2, 0.25) is 0 Å². The molecule has 0 radical (unpaired) electrons. The van der Waals surface area contributed by atoms with Gasteiger partial charge in [-0.1, -0.05) is 32.0 Å². The molecule has 1 atom stereocenters. The maximum atomic E-state index is 13.0. The number of aliphatic hydroxyl groups excluding tert-OH is 1. The van der Waals surface area contributed by atoms with Crippen molar-refractivity contribution in [3.63, 3.8) is 0 Å². The van der Waals surface area contributed by atoms with E-state index < -0.39 is 0 Å². The van der Waals surface area contributed by atoms with E-state index in [9.17, 15) is 9.90 Å². The van der Waals surface area contributed by atoms with Gasteiger partial charge < -0.3 is 14.6 Å². The first-order chi connectivity index (χ1) is 12.4. The van der Waals surface area contributed by atoms with E-state index >= 15 is 0 Å². The van der Waals surface area contributed by atoms with Crippen molar-refractivity contribution in [2.45, 2.75) is 32.6 Å². The highest BCUT2D eigenvalue weighted by atomic mass is 16.5. The predicted molar refractivity (Wildman–Crippen MR) is 99.0 cm³/mol. The lowest BCUT2D eigenvalue weighted by Crippen LogP contribution is -2.29. The van der Waals surface area contributed by atoms with E-state index in [1.165, 1.54) is 0 Å². The molecule has 134 valence electrons. The highest BCUT2D eigenvalue weighted by molar-refractivity contribution is 5.99. The number of benzene rings is 2. The normalized spacial score (nSPS) is 20.9. The molecule has 0 saturated carbocycles. The van der Waals surface area contributed by atoms with Gasteiger partial charge in [0.15, 0.2) is 5.78 Å². The van der Waals surface area contributed by atoms with Crippen molar-refractivity contribution in [1.82, 2.24) is 0 Å².